The highest BCUT2D eigenvalue weighted by molar-refractivity contribution is 5.69. The number of hydrogen-bond acceptors (Lipinski definition) is 3. The van der Waals surface area contributed by atoms with Gasteiger partial charge in [0.25, 0.3) is 0 Å². The van der Waals surface area contributed by atoms with E-state index in [2.05, 4.69) is 0 Å². The minimum absolute atomic E-state index is 0.0391. The molecule has 0 heterocycles. The molecule has 1 N–H and O–H groups in total. The van der Waals surface area contributed by atoms with Crippen molar-refractivity contribution in [2.45, 2.75) is 57.7 Å². The summed E-state index contributed by atoms with van der Waals surface area (Å²) >= 11 is 0. The van der Waals surface area contributed by atoms with Gasteiger partial charge in [0.15, 0.2) is 0 Å². The highest BCUT2D eigenvalue weighted by Gasteiger charge is 2.22. The molecule has 1 saturated carbocycles. The van der Waals surface area contributed by atoms with E-state index in [0.717, 1.165) is 25.7 Å². The Bertz CT molecular complexity index is 168. The summed E-state index contributed by atoms with van der Waals surface area (Å²) in [5.41, 5.74) is 0. The van der Waals surface area contributed by atoms with Crippen LogP contribution in [-0.2, 0) is 9.53 Å². The Morgan fingerprint density at radius 1 is 1.54 bits per heavy atom. The average molecular weight is 186 g/mol. The predicted molar refractivity (Wildman–Crippen MR) is 49.3 cm³/mol. The first-order chi connectivity index (χ1) is 6.22. The second kappa shape index (κ2) is 5.22. The third-order valence-corrected chi connectivity index (χ3v) is 2.35. The molecule has 0 saturated heterocycles. The molecule has 2 atom stereocenters. The van der Waals surface area contributed by atoms with Crippen molar-refractivity contribution in [1.29, 1.82) is 0 Å². The zero-order chi connectivity index (χ0) is 9.68. The van der Waals surface area contributed by atoms with E-state index in [0.29, 0.717) is 12.8 Å². The molecule has 1 rings (SSSR count). The van der Waals surface area contributed by atoms with Gasteiger partial charge in [-0.15, -0.1) is 0 Å². The van der Waals surface area contributed by atoms with Crippen molar-refractivity contribution < 1.29 is 14.6 Å². The molecule has 1 aliphatic rings. The molecule has 0 aromatic carbocycles. The summed E-state index contributed by atoms with van der Waals surface area (Å²) in [4.78, 5) is 11.1. The van der Waals surface area contributed by atoms with E-state index in [4.69, 9.17) is 4.74 Å². The lowest BCUT2D eigenvalue weighted by atomic mass is 9.95. The van der Waals surface area contributed by atoms with Gasteiger partial charge in [-0.2, -0.15) is 0 Å². The maximum absolute atomic E-state index is 11.1. The number of rotatable bonds is 3. The summed E-state index contributed by atoms with van der Waals surface area (Å²) in [6.07, 6.45) is 4.35. The van der Waals surface area contributed by atoms with Gasteiger partial charge in [0.2, 0.25) is 0 Å². The van der Waals surface area contributed by atoms with Crippen molar-refractivity contribution in [2.24, 2.45) is 0 Å². The number of esters is 1. The molecule has 0 aliphatic heterocycles. The maximum Gasteiger partial charge on any atom is 0.306 e. The van der Waals surface area contributed by atoms with Crippen molar-refractivity contribution in [3.63, 3.8) is 0 Å². The minimum Gasteiger partial charge on any atom is -0.462 e. The van der Waals surface area contributed by atoms with Crippen LogP contribution in [0.3, 0.4) is 0 Å². The van der Waals surface area contributed by atoms with E-state index in [1.165, 1.54) is 0 Å². The largest absolute Gasteiger partial charge is 0.462 e. The van der Waals surface area contributed by atoms with Crippen molar-refractivity contribution in [3.05, 3.63) is 0 Å². The molecule has 0 bridgehead atoms. The standard InChI is InChI=1S/C10H18O3/c1-2-4-10(12)13-9-6-3-5-8(11)7-9/h8-9,11H,2-7H2,1H3/t8-,9?/m1/s1. The molecule has 76 valence electrons. The van der Waals surface area contributed by atoms with E-state index in [1.807, 2.05) is 6.92 Å². The Morgan fingerprint density at radius 2 is 2.31 bits per heavy atom. The van der Waals surface area contributed by atoms with E-state index >= 15 is 0 Å². The monoisotopic (exact) mass is 186 g/mol. The quantitative estimate of drug-likeness (QED) is 0.681. The van der Waals surface area contributed by atoms with Crippen LogP contribution in [-0.4, -0.2) is 23.3 Å². The Morgan fingerprint density at radius 3 is 2.92 bits per heavy atom. The van der Waals surface area contributed by atoms with Crippen LogP contribution in [0.1, 0.15) is 45.4 Å². The number of ether oxygens (including phenoxy) is 1. The van der Waals surface area contributed by atoms with Crippen LogP contribution in [0, 0.1) is 0 Å². The topological polar surface area (TPSA) is 46.5 Å². The summed E-state index contributed by atoms with van der Waals surface area (Å²) in [6.45, 7) is 1.96. The van der Waals surface area contributed by atoms with Gasteiger partial charge in [0.1, 0.15) is 6.10 Å². The Balaban J connectivity index is 2.23. The Hall–Kier alpha value is -0.570. The molecule has 1 aliphatic carbocycles. The zero-order valence-corrected chi connectivity index (χ0v) is 8.16. The van der Waals surface area contributed by atoms with Crippen LogP contribution >= 0.6 is 0 Å². The van der Waals surface area contributed by atoms with Crippen molar-refractivity contribution >= 4 is 5.97 Å². The highest BCUT2D eigenvalue weighted by Crippen LogP contribution is 2.21. The van der Waals surface area contributed by atoms with Gasteiger partial charge in [-0.1, -0.05) is 6.92 Å². The first-order valence-electron chi connectivity index (χ1n) is 5.10. The van der Waals surface area contributed by atoms with Crippen LogP contribution < -0.4 is 0 Å². The Labute approximate surface area is 79.1 Å². The summed E-state index contributed by atoms with van der Waals surface area (Å²) in [6, 6.07) is 0. The summed E-state index contributed by atoms with van der Waals surface area (Å²) < 4.78 is 5.20. The van der Waals surface area contributed by atoms with Gasteiger partial charge in [0.05, 0.1) is 6.10 Å². The van der Waals surface area contributed by atoms with Crippen molar-refractivity contribution in [1.82, 2.24) is 0 Å². The van der Waals surface area contributed by atoms with Gasteiger partial charge >= 0.3 is 5.97 Å². The summed E-state index contributed by atoms with van der Waals surface area (Å²) in [7, 11) is 0. The first kappa shape index (κ1) is 10.5. The van der Waals surface area contributed by atoms with Crippen LogP contribution in [0.5, 0.6) is 0 Å². The zero-order valence-electron chi connectivity index (χ0n) is 8.16. The highest BCUT2D eigenvalue weighted by atomic mass is 16.5. The first-order valence-corrected chi connectivity index (χ1v) is 5.10. The van der Waals surface area contributed by atoms with Gasteiger partial charge in [-0.3, -0.25) is 4.79 Å². The maximum atomic E-state index is 11.1. The van der Waals surface area contributed by atoms with Gasteiger partial charge in [0, 0.05) is 12.8 Å². The summed E-state index contributed by atoms with van der Waals surface area (Å²) in [5.74, 6) is -0.124. The lowest BCUT2D eigenvalue weighted by Crippen LogP contribution is -2.28. The minimum atomic E-state index is -0.270. The number of aliphatic hydroxyl groups is 1. The van der Waals surface area contributed by atoms with Gasteiger partial charge in [-0.25, -0.2) is 0 Å². The number of aliphatic hydroxyl groups excluding tert-OH is 1. The van der Waals surface area contributed by atoms with Crippen molar-refractivity contribution in [2.75, 3.05) is 0 Å². The average Bonchev–Trinajstić information content (AvgIpc) is 2.04. The second-order valence-corrected chi connectivity index (χ2v) is 3.68. The summed E-state index contributed by atoms with van der Waals surface area (Å²) in [5, 5.41) is 9.33. The molecule has 1 unspecified atom stereocenters. The fraction of sp³-hybridized carbons (Fsp3) is 0.900. The van der Waals surface area contributed by atoms with Gasteiger partial charge < -0.3 is 9.84 Å². The third-order valence-electron chi connectivity index (χ3n) is 2.35. The van der Waals surface area contributed by atoms with E-state index < -0.39 is 0 Å². The Kier molecular flexibility index (Phi) is 4.22. The van der Waals surface area contributed by atoms with E-state index in [1.54, 1.807) is 0 Å². The lowest BCUT2D eigenvalue weighted by Gasteiger charge is -2.25. The second-order valence-electron chi connectivity index (χ2n) is 3.68. The third kappa shape index (κ3) is 3.77. The fourth-order valence-electron chi connectivity index (χ4n) is 1.68. The van der Waals surface area contributed by atoms with Gasteiger partial charge in [-0.05, 0) is 25.7 Å². The number of carbonyl (C=O) groups excluding carboxylic acids is 1. The van der Waals surface area contributed by atoms with Crippen molar-refractivity contribution in [3.8, 4) is 0 Å². The van der Waals surface area contributed by atoms with Crippen LogP contribution in [0.4, 0.5) is 0 Å². The molecular weight excluding hydrogens is 168 g/mol. The molecule has 0 aromatic heterocycles. The number of hydrogen-bond donors (Lipinski definition) is 1. The molecule has 0 radical (unpaired) electrons. The van der Waals surface area contributed by atoms with Crippen LogP contribution in [0.25, 0.3) is 0 Å². The molecule has 0 aromatic rings. The van der Waals surface area contributed by atoms with Crippen LogP contribution in [0.15, 0.2) is 0 Å². The normalized spacial score (nSPS) is 28.5. The molecule has 0 amide bonds. The molecule has 3 nitrogen and oxygen atoms in total. The lowest BCUT2D eigenvalue weighted by molar-refractivity contribution is -0.152. The molecule has 3 heteroatoms. The predicted octanol–water partition coefficient (Wildman–Crippen LogP) is 1.63. The molecule has 1 fully saturated rings. The van der Waals surface area contributed by atoms with E-state index in [-0.39, 0.29) is 18.2 Å². The SMILES string of the molecule is CCCC(=O)OC1CCC[C@@H](O)C1. The van der Waals surface area contributed by atoms with E-state index in [9.17, 15) is 9.90 Å². The fourth-order valence-corrected chi connectivity index (χ4v) is 1.68. The van der Waals surface area contributed by atoms with Crippen LogP contribution in [0.2, 0.25) is 0 Å². The smallest absolute Gasteiger partial charge is 0.306 e. The number of carbonyl (C=O) groups is 1. The molecular formula is C10H18O3. The molecule has 13 heavy (non-hydrogen) atoms. The molecule has 0 spiro atoms.